The van der Waals surface area contributed by atoms with E-state index in [4.69, 9.17) is 24.2 Å². The first-order chi connectivity index (χ1) is 28.1. The zero-order chi connectivity index (χ0) is 38.6. The topological polar surface area (TPSA) is 169 Å². The van der Waals surface area contributed by atoms with Gasteiger partial charge in [0.2, 0.25) is 0 Å². The molecule has 2 fully saturated rings. The summed E-state index contributed by atoms with van der Waals surface area (Å²) in [5.74, 6) is 2.54. The summed E-state index contributed by atoms with van der Waals surface area (Å²) < 4.78 is 16.4. The Morgan fingerprint density at radius 3 is 1.58 bits per heavy atom. The summed E-state index contributed by atoms with van der Waals surface area (Å²) in [5, 5.41) is 16.2. The third-order valence-corrected chi connectivity index (χ3v) is 10.1. The molecule has 8 aromatic rings. The number of aromatic amines is 2. The Morgan fingerprint density at radius 2 is 1.11 bits per heavy atom. The molecule has 0 aromatic carbocycles. The van der Waals surface area contributed by atoms with Gasteiger partial charge in [-0.05, 0) is 72.1 Å². The fraction of sp³-hybridized carbons (Fsp3) is 0.238. The molecule has 2 saturated heterocycles. The van der Waals surface area contributed by atoms with Crippen molar-refractivity contribution < 1.29 is 14.2 Å². The number of methoxy groups -OCH3 is 1. The molecule has 2 N–H and O–H groups in total. The number of nitrogens with one attached hydrogen (secondary N) is 2. The zero-order valence-electron chi connectivity index (χ0n) is 31.6. The molecule has 0 atom stereocenters. The minimum absolute atomic E-state index is 0.691. The molecule has 0 bridgehead atoms. The van der Waals surface area contributed by atoms with Crippen molar-refractivity contribution in [3.8, 4) is 50.8 Å². The number of hydrogen-bond acceptors (Lipinski definition) is 13. The van der Waals surface area contributed by atoms with E-state index in [0.717, 1.165) is 110 Å². The summed E-state index contributed by atoms with van der Waals surface area (Å²) in [6, 6.07) is 16.2. The third kappa shape index (κ3) is 7.45. The fourth-order valence-electron chi connectivity index (χ4n) is 7.21. The van der Waals surface area contributed by atoms with Gasteiger partial charge in [0, 0.05) is 91.5 Å². The van der Waals surface area contributed by atoms with Crippen molar-refractivity contribution in [2.24, 2.45) is 0 Å². The van der Waals surface area contributed by atoms with Crippen LogP contribution < -0.4 is 14.5 Å². The number of aromatic nitrogens is 10. The molecule has 2 aliphatic rings. The molecule has 0 aliphatic carbocycles. The van der Waals surface area contributed by atoms with E-state index in [9.17, 15) is 0 Å². The maximum atomic E-state index is 5.52. The van der Waals surface area contributed by atoms with Crippen molar-refractivity contribution in [2.45, 2.75) is 6.92 Å². The number of aryl methyl sites for hydroxylation is 1. The van der Waals surface area contributed by atoms with Gasteiger partial charge < -0.3 is 24.0 Å². The molecule has 2 aliphatic heterocycles. The maximum absolute atomic E-state index is 5.52. The number of ether oxygens (including phenoxy) is 3. The van der Waals surface area contributed by atoms with Gasteiger partial charge in [-0.2, -0.15) is 10.2 Å². The Labute approximate surface area is 328 Å². The lowest BCUT2D eigenvalue weighted by molar-refractivity contribution is 0.122. The molecular formula is C42H40N12O3. The normalized spacial score (nSPS) is 14.4. The van der Waals surface area contributed by atoms with E-state index in [-0.39, 0.29) is 0 Å². The molecule has 0 radical (unpaired) electrons. The minimum atomic E-state index is 0.691. The Kier molecular flexibility index (Phi) is 10.1. The monoisotopic (exact) mass is 760 g/mol. The van der Waals surface area contributed by atoms with Crippen LogP contribution in [0, 0.1) is 6.92 Å². The van der Waals surface area contributed by atoms with Crippen LogP contribution in [0.25, 0.3) is 66.8 Å². The Hall–Kier alpha value is -6.84. The van der Waals surface area contributed by atoms with E-state index in [1.807, 2.05) is 55.1 Å². The molecule has 0 amide bonds. The molecule has 57 heavy (non-hydrogen) atoms. The number of anilines is 2. The lowest BCUT2D eigenvalue weighted by Gasteiger charge is -2.28. The summed E-state index contributed by atoms with van der Waals surface area (Å²) in [7, 11) is 1.64. The van der Waals surface area contributed by atoms with Crippen LogP contribution in [0.4, 0.5) is 11.6 Å². The van der Waals surface area contributed by atoms with E-state index >= 15 is 0 Å². The average molecular weight is 761 g/mol. The number of rotatable bonds is 7. The van der Waals surface area contributed by atoms with E-state index in [2.05, 4.69) is 75.3 Å². The summed E-state index contributed by atoms with van der Waals surface area (Å²) in [6.45, 7) is 8.10. The van der Waals surface area contributed by atoms with Crippen molar-refractivity contribution >= 4 is 33.4 Å². The second kappa shape index (κ2) is 16.1. The molecular weight excluding hydrogens is 721 g/mol. The average Bonchev–Trinajstić information content (AvgIpc) is 4.03. The Bertz CT molecular complexity index is 2620. The van der Waals surface area contributed by atoms with Crippen molar-refractivity contribution in [1.29, 1.82) is 0 Å². The molecule has 8 aromatic heterocycles. The first-order valence-corrected chi connectivity index (χ1v) is 18.8. The third-order valence-electron chi connectivity index (χ3n) is 10.1. The van der Waals surface area contributed by atoms with Crippen molar-refractivity contribution in [2.75, 3.05) is 69.5 Å². The highest BCUT2D eigenvalue weighted by molar-refractivity contribution is 6.02. The van der Waals surface area contributed by atoms with Gasteiger partial charge in [-0.15, -0.1) is 0 Å². The largest absolute Gasteiger partial charge is 0.495 e. The second-order valence-corrected chi connectivity index (χ2v) is 13.7. The van der Waals surface area contributed by atoms with Gasteiger partial charge in [0.25, 0.3) is 0 Å². The van der Waals surface area contributed by atoms with Crippen LogP contribution in [0.2, 0.25) is 0 Å². The Balaban J connectivity index is 0.000000148. The first kappa shape index (κ1) is 35.8. The predicted molar refractivity (Wildman–Crippen MR) is 218 cm³/mol. The van der Waals surface area contributed by atoms with Gasteiger partial charge in [-0.1, -0.05) is 0 Å². The SMILES string of the molecule is COc1cncc(-c2cc(N3CCOCC3)nc3c(-c4ccn[nH]4)nccc23)c1.Cc1cncc(-c2cc(N3CCOCC3)nc3c(-c4ccn[nH]4)nccc23)c1. The van der Waals surface area contributed by atoms with Gasteiger partial charge >= 0.3 is 0 Å². The molecule has 286 valence electrons. The van der Waals surface area contributed by atoms with Crippen LogP contribution in [0.1, 0.15) is 5.56 Å². The van der Waals surface area contributed by atoms with Crippen LogP contribution in [-0.4, -0.2) is 110 Å². The second-order valence-electron chi connectivity index (χ2n) is 13.7. The van der Waals surface area contributed by atoms with E-state index in [1.54, 1.807) is 31.9 Å². The highest BCUT2D eigenvalue weighted by Crippen LogP contribution is 2.37. The number of morpholine rings is 2. The molecule has 15 nitrogen and oxygen atoms in total. The number of nitrogens with zero attached hydrogens (tertiary/aromatic N) is 10. The minimum Gasteiger partial charge on any atom is -0.495 e. The van der Waals surface area contributed by atoms with Gasteiger partial charge in [0.15, 0.2) is 0 Å². The van der Waals surface area contributed by atoms with E-state index < -0.39 is 0 Å². The Morgan fingerprint density at radius 1 is 0.596 bits per heavy atom. The van der Waals surface area contributed by atoms with Crippen molar-refractivity contribution in [3.63, 3.8) is 0 Å². The van der Waals surface area contributed by atoms with Crippen LogP contribution >= 0.6 is 0 Å². The maximum Gasteiger partial charge on any atom is 0.137 e. The van der Waals surface area contributed by atoms with Crippen LogP contribution in [0.15, 0.2) is 98.1 Å². The predicted octanol–water partition coefficient (Wildman–Crippen LogP) is 6.15. The van der Waals surface area contributed by atoms with E-state index in [1.165, 1.54) is 0 Å². The quantitative estimate of drug-likeness (QED) is 0.190. The standard InChI is InChI=1S/C21H20N6O2.C21H20N6O/c1-28-15-10-14(12-22-13-15)17-11-19(27-6-8-29-9-7-27)25-20-16(17)2-4-23-21(20)18-3-5-24-26-18;1-14-10-15(13-22-12-14)17-11-19(27-6-8-28-9-7-27)25-20-16(17)2-4-23-21(20)18-3-5-24-26-18/h2-5,10-13H,6-9H2,1H3,(H,24,26);2-5,10-13H,6-9H2,1H3,(H,24,26). The molecule has 0 unspecified atom stereocenters. The van der Waals surface area contributed by atoms with Crippen LogP contribution in [0.5, 0.6) is 5.75 Å². The lowest BCUT2D eigenvalue weighted by atomic mass is 10.0. The van der Waals surface area contributed by atoms with Crippen LogP contribution in [0.3, 0.4) is 0 Å². The molecule has 15 heteroatoms. The number of fused-ring (bicyclic) bond motifs is 2. The summed E-state index contributed by atoms with van der Waals surface area (Å²) in [4.78, 5) is 32.4. The van der Waals surface area contributed by atoms with Gasteiger partial charge in [-0.25, -0.2) is 9.97 Å². The van der Waals surface area contributed by atoms with Gasteiger partial charge in [0.1, 0.15) is 39.8 Å². The van der Waals surface area contributed by atoms with E-state index in [0.29, 0.717) is 32.2 Å². The van der Waals surface area contributed by atoms with Gasteiger partial charge in [0.05, 0.1) is 51.1 Å². The highest BCUT2D eigenvalue weighted by Gasteiger charge is 2.21. The summed E-state index contributed by atoms with van der Waals surface area (Å²) >= 11 is 0. The first-order valence-electron chi connectivity index (χ1n) is 18.8. The summed E-state index contributed by atoms with van der Waals surface area (Å²) in [5.41, 5.74) is 10.2. The molecule has 10 heterocycles. The fourth-order valence-corrected chi connectivity index (χ4v) is 7.21. The molecule has 10 rings (SSSR count). The van der Waals surface area contributed by atoms with Crippen molar-refractivity contribution in [3.05, 3.63) is 104 Å². The highest BCUT2D eigenvalue weighted by atomic mass is 16.5. The number of hydrogen-bond donors (Lipinski definition) is 2. The summed E-state index contributed by atoms with van der Waals surface area (Å²) in [6.07, 6.45) is 14.4. The zero-order valence-corrected chi connectivity index (χ0v) is 31.6. The van der Waals surface area contributed by atoms with Crippen molar-refractivity contribution in [1.82, 2.24) is 50.3 Å². The molecule has 0 saturated carbocycles. The lowest BCUT2D eigenvalue weighted by Crippen LogP contribution is -2.36. The number of H-pyrrole nitrogens is 2. The number of pyridine rings is 6. The van der Waals surface area contributed by atoms with Gasteiger partial charge in [-0.3, -0.25) is 30.1 Å². The smallest absolute Gasteiger partial charge is 0.137 e. The molecule has 0 spiro atoms. The van der Waals surface area contributed by atoms with Crippen LogP contribution in [-0.2, 0) is 9.47 Å².